The third-order valence-corrected chi connectivity index (χ3v) is 4.38. The van der Waals surface area contributed by atoms with Crippen LogP contribution >= 0.6 is 0 Å². The number of carbonyl (C=O) groups excluding carboxylic acids is 1. The molecule has 2 atom stereocenters. The van der Waals surface area contributed by atoms with Crippen molar-refractivity contribution in [1.29, 1.82) is 0 Å². The smallest absolute Gasteiger partial charge is 0.326 e. The minimum Gasteiger partial charge on any atom is -0.465 e. The zero-order valence-electron chi connectivity index (χ0n) is 14.4. The molecule has 1 heterocycles. The summed E-state index contributed by atoms with van der Waals surface area (Å²) in [7, 11) is 2.18. The molecule has 0 aliphatic carbocycles. The molecule has 1 N–H and O–H groups in total. The number of nitrogens with zero attached hydrogens (tertiary/aromatic N) is 2. The molecule has 0 aromatic heterocycles. The van der Waals surface area contributed by atoms with Gasteiger partial charge in [0.25, 0.3) is 0 Å². The fourth-order valence-corrected chi connectivity index (χ4v) is 3.06. The van der Waals surface area contributed by atoms with Crippen LogP contribution in [0.25, 0.3) is 0 Å². The summed E-state index contributed by atoms with van der Waals surface area (Å²) < 4.78 is 5.24. The zero-order valence-corrected chi connectivity index (χ0v) is 14.4. The molecule has 124 valence electrons. The topological polar surface area (TPSA) is 44.8 Å². The monoisotopic (exact) mass is 299 g/mol. The summed E-state index contributed by atoms with van der Waals surface area (Å²) in [6.07, 6.45) is 1.98. The average Bonchev–Trinajstić information content (AvgIpc) is 2.58. The van der Waals surface area contributed by atoms with E-state index in [0.29, 0.717) is 12.6 Å². The SMILES string of the molecule is CCNC(C)(CCN1CCCN(C)CC1C)C(=O)OCC. The van der Waals surface area contributed by atoms with Crippen molar-refractivity contribution in [3.8, 4) is 0 Å². The number of likely N-dealkylation sites (N-methyl/N-ethyl adjacent to an activating group) is 2. The molecule has 2 unspecified atom stereocenters. The van der Waals surface area contributed by atoms with E-state index in [9.17, 15) is 4.79 Å². The van der Waals surface area contributed by atoms with Crippen LogP contribution in [-0.4, -0.2) is 73.7 Å². The first-order valence-electron chi connectivity index (χ1n) is 8.27. The molecule has 0 bridgehead atoms. The highest BCUT2D eigenvalue weighted by molar-refractivity contribution is 5.80. The van der Waals surface area contributed by atoms with Crippen LogP contribution in [-0.2, 0) is 9.53 Å². The summed E-state index contributed by atoms with van der Waals surface area (Å²) in [5.41, 5.74) is -0.581. The van der Waals surface area contributed by atoms with Gasteiger partial charge in [0.1, 0.15) is 5.54 Å². The van der Waals surface area contributed by atoms with Crippen molar-refractivity contribution in [3.05, 3.63) is 0 Å². The van der Waals surface area contributed by atoms with Crippen LogP contribution in [0.1, 0.15) is 40.5 Å². The molecule has 0 radical (unpaired) electrons. The molecule has 0 aromatic rings. The van der Waals surface area contributed by atoms with E-state index < -0.39 is 5.54 Å². The number of hydrogen-bond acceptors (Lipinski definition) is 5. The van der Waals surface area contributed by atoms with Gasteiger partial charge in [-0.05, 0) is 60.3 Å². The molecular weight excluding hydrogens is 266 g/mol. The second-order valence-corrected chi connectivity index (χ2v) is 6.33. The van der Waals surface area contributed by atoms with Crippen LogP contribution in [0.4, 0.5) is 0 Å². The summed E-state index contributed by atoms with van der Waals surface area (Å²) in [5.74, 6) is -0.133. The molecule has 1 rings (SSSR count). The van der Waals surface area contributed by atoms with Crippen LogP contribution in [0.3, 0.4) is 0 Å². The number of rotatable bonds is 7. The number of nitrogens with one attached hydrogen (secondary N) is 1. The largest absolute Gasteiger partial charge is 0.465 e. The van der Waals surface area contributed by atoms with E-state index in [-0.39, 0.29) is 5.97 Å². The maximum Gasteiger partial charge on any atom is 0.326 e. The van der Waals surface area contributed by atoms with E-state index in [1.165, 1.54) is 6.42 Å². The second kappa shape index (κ2) is 8.71. The molecule has 21 heavy (non-hydrogen) atoms. The molecule has 1 aliphatic rings. The summed E-state index contributed by atoms with van der Waals surface area (Å²) in [6.45, 7) is 13.6. The highest BCUT2D eigenvalue weighted by atomic mass is 16.5. The maximum absolute atomic E-state index is 12.2. The fourth-order valence-electron chi connectivity index (χ4n) is 3.06. The molecule has 1 saturated heterocycles. The summed E-state index contributed by atoms with van der Waals surface area (Å²) >= 11 is 0. The Morgan fingerprint density at radius 1 is 1.38 bits per heavy atom. The summed E-state index contributed by atoms with van der Waals surface area (Å²) in [5, 5.41) is 3.31. The van der Waals surface area contributed by atoms with Gasteiger partial charge in [0.2, 0.25) is 0 Å². The summed E-state index contributed by atoms with van der Waals surface area (Å²) in [4.78, 5) is 17.1. The normalized spacial score (nSPS) is 24.3. The lowest BCUT2D eigenvalue weighted by Gasteiger charge is -2.33. The minimum atomic E-state index is -0.581. The van der Waals surface area contributed by atoms with Gasteiger partial charge in [0, 0.05) is 19.1 Å². The summed E-state index contributed by atoms with van der Waals surface area (Å²) in [6, 6.07) is 0.533. The molecule has 1 fully saturated rings. The Hall–Kier alpha value is -0.650. The van der Waals surface area contributed by atoms with Crippen molar-refractivity contribution in [2.45, 2.75) is 52.1 Å². The van der Waals surface area contributed by atoms with Crippen molar-refractivity contribution >= 4 is 5.97 Å². The van der Waals surface area contributed by atoms with E-state index in [1.807, 2.05) is 20.8 Å². The van der Waals surface area contributed by atoms with Gasteiger partial charge in [-0.15, -0.1) is 0 Å². The van der Waals surface area contributed by atoms with Crippen LogP contribution in [0.5, 0.6) is 0 Å². The average molecular weight is 299 g/mol. The Morgan fingerprint density at radius 2 is 2.10 bits per heavy atom. The molecule has 5 nitrogen and oxygen atoms in total. The Labute approximate surface area is 130 Å². The van der Waals surface area contributed by atoms with Crippen LogP contribution in [0, 0.1) is 0 Å². The van der Waals surface area contributed by atoms with E-state index in [0.717, 1.165) is 39.1 Å². The number of esters is 1. The first kappa shape index (κ1) is 18.4. The predicted octanol–water partition coefficient (Wildman–Crippen LogP) is 1.33. The van der Waals surface area contributed by atoms with Crippen LogP contribution < -0.4 is 5.32 Å². The van der Waals surface area contributed by atoms with E-state index in [2.05, 4.69) is 29.1 Å². The van der Waals surface area contributed by atoms with Crippen molar-refractivity contribution in [3.63, 3.8) is 0 Å². The third-order valence-electron chi connectivity index (χ3n) is 4.38. The van der Waals surface area contributed by atoms with Crippen molar-refractivity contribution < 1.29 is 9.53 Å². The Bertz CT molecular complexity index is 325. The van der Waals surface area contributed by atoms with Gasteiger partial charge in [0.05, 0.1) is 6.61 Å². The van der Waals surface area contributed by atoms with E-state index in [4.69, 9.17) is 4.74 Å². The highest BCUT2D eigenvalue weighted by Gasteiger charge is 2.34. The molecule has 0 saturated carbocycles. The Kier molecular flexibility index (Phi) is 7.63. The van der Waals surface area contributed by atoms with Gasteiger partial charge in [-0.3, -0.25) is 9.69 Å². The predicted molar refractivity (Wildman–Crippen MR) is 86.5 cm³/mol. The van der Waals surface area contributed by atoms with Gasteiger partial charge in [-0.1, -0.05) is 6.92 Å². The number of carbonyl (C=O) groups is 1. The van der Waals surface area contributed by atoms with Gasteiger partial charge < -0.3 is 15.0 Å². The Balaban J connectivity index is 2.61. The van der Waals surface area contributed by atoms with Crippen molar-refractivity contribution in [2.24, 2.45) is 0 Å². The van der Waals surface area contributed by atoms with Gasteiger partial charge >= 0.3 is 5.97 Å². The number of hydrogen-bond donors (Lipinski definition) is 1. The van der Waals surface area contributed by atoms with Gasteiger partial charge in [-0.2, -0.15) is 0 Å². The minimum absolute atomic E-state index is 0.133. The first-order valence-corrected chi connectivity index (χ1v) is 8.27. The molecule has 0 aromatic carbocycles. The third kappa shape index (κ3) is 5.57. The van der Waals surface area contributed by atoms with Crippen molar-refractivity contribution in [2.75, 3.05) is 46.4 Å². The van der Waals surface area contributed by atoms with E-state index in [1.54, 1.807) is 0 Å². The zero-order chi connectivity index (χ0) is 15.9. The molecule has 1 aliphatic heterocycles. The second-order valence-electron chi connectivity index (χ2n) is 6.33. The van der Waals surface area contributed by atoms with Crippen LogP contribution in [0.15, 0.2) is 0 Å². The lowest BCUT2D eigenvalue weighted by Crippen LogP contribution is -2.53. The van der Waals surface area contributed by atoms with Crippen molar-refractivity contribution in [1.82, 2.24) is 15.1 Å². The van der Waals surface area contributed by atoms with Gasteiger partial charge in [-0.25, -0.2) is 0 Å². The molecule has 0 spiro atoms. The first-order chi connectivity index (χ1) is 9.92. The fraction of sp³-hybridized carbons (Fsp3) is 0.938. The quantitative estimate of drug-likeness (QED) is 0.719. The maximum atomic E-state index is 12.2. The van der Waals surface area contributed by atoms with Crippen LogP contribution in [0.2, 0.25) is 0 Å². The van der Waals surface area contributed by atoms with E-state index >= 15 is 0 Å². The molecular formula is C16H33N3O2. The number of ether oxygens (including phenoxy) is 1. The lowest BCUT2D eigenvalue weighted by atomic mass is 9.97. The van der Waals surface area contributed by atoms with Gasteiger partial charge in [0.15, 0.2) is 0 Å². The highest BCUT2D eigenvalue weighted by Crippen LogP contribution is 2.16. The molecule has 5 heteroatoms. The lowest BCUT2D eigenvalue weighted by molar-refractivity contribution is -0.151. The molecule has 0 amide bonds. The Morgan fingerprint density at radius 3 is 2.71 bits per heavy atom. The standard InChI is InChI=1S/C16H33N3O2/c1-6-17-16(4,15(20)21-7-2)9-12-19-11-8-10-18(5)13-14(19)3/h14,17H,6-13H2,1-5H3.